The smallest absolute Gasteiger partial charge is 0.0431 e. The third-order valence-corrected chi connectivity index (χ3v) is 1.79. The quantitative estimate of drug-likeness (QED) is 0.482. The van der Waals surface area contributed by atoms with E-state index in [1.165, 1.54) is 0 Å². The van der Waals surface area contributed by atoms with Gasteiger partial charge in [0.25, 0.3) is 0 Å². The molecule has 2 heteroatoms. The predicted octanol–water partition coefficient (Wildman–Crippen LogP) is 1.87. The summed E-state index contributed by atoms with van der Waals surface area (Å²) in [5.74, 6) is 5.96. The lowest BCUT2D eigenvalue weighted by molar-refractivity contribution is 0.285. The van der Waals surface area contributed by atoms with Gasteiger partial charge in [-0.15, -0.1) is 0 Å². The zero-order chi connectivity index (χ0) is 10.5. The molecular formula is C12H20O2. The first-order valence-corrected chi connectivity index (χ1v) is 5.27. The van der Waals surface area contributed by atoms with Crippen molar-refractivity contribution in [3.63, 3.8) is 0 Å². The lowest BCUT2D eigenvalue weighted by atomic mass is 10.2. The van der Waals surface area contributed by atoms with E-state index in [-0.39, 0.29) is 13.2 Å². The van der Waals surface area contributed by atoms with Crippen molar-refractivity contribution in [1.82, 2.24) is 0 Å². The minimum absolute atomic E-state index is 0.263. The van der Waals surface area contributed by atoms with Crippen LogP contribution in [0.15, 0.2) is 12.2 Å². The maximum absolute atomic E-state index is 8.52. The molecule has 14 heavy (non-hydrogen) atoms. The van der Waals surface area contributed by atoms with Gasteiger partial charge < -0.3 is 10.2 Å². The lowest BCUT2D eigenvalue weighted by Crippen LogP contribution is -1.80. The summed E-state index contributed by atoms with van der Waals surface area (Å²) in [6.45, 7) is 0.541. The average Bonchev–Trinajstić information content (AvgIpc) is 2.21. The Kier molecular flexibility index (Phi) is 11.5. The van der Waals surface area contributed by atoms with Gasteiger partial charge in [0, 0.05) is 19.6 Å². The van der Waals surface area contributed by atoms with Gasteiger partial charge >= 0.3 is 0 Å². The largest absolute Gasteiger partial charge is 0.396 e. The van der Waals surface area contributed by atoms with Crippen LogP contribution in [0.2, 0.25) is 0 Å². The second-order valence-corrected chi connectivity index (χ2v) is 3.12. The third kappa shape index (κ3) is 11.2. The van der Waals surface area contributed by atoms with E-state index in [1.54, 1.807) is 0 Å². The molecule has 0 aromatic rings. The molecule has 0 fully saturated rings. The molecular weight excluding hydrogens is 176 g/mol. The highest BCUT2D eigenvalue weighted by molar-refractivity contribution is 5.14. The first-order chi connectivity index (χ1) is 6.91. The summed E-state index contributed by atoms with van der Waals surface area (Å²) in [6.07, 6.45) is 9.47. The van der Waals surface area contributed by atoms with Gasteiger partial charge in [0.2, 0.25) is 0 Å². The number of unbranched alkanes of at least 4 members (excludes halogenated alkanes) is 4. The molecule has 0 saturated heterocycles. The molecule has 0 aliphatic rings. The maximum Gasteiger partial charge on any atom is 0.0431 e. The minimum atomic E-state index is 0.263. The molecule has 0 rings (SSSR count). The van der Waals surface area contributed by atoms with Gasteiger partial charge in [-0.3, -0.25) is 0 Å². The molecule has 0 aliphatic carbocycles. The molecule has 2 nitrogen and oxygen atoms in total. The van der Waals surface area contributed by atoms with Crippen molar-refractivity contribution in [2.24, 2.45) is 0 Å². The molecule has 0 aromatic carbocycles. The van der Waals surface area contributed by atoms with E-state index in [0.717, 1.165) is 38.5 Å². The Labute approximate surface area is 86.7 Å². The number of allylic oxidation sites excluding steroid dienone is 2. The Morgan fingerprint density at radius 2 is 1.64 bits per heavy atom. The van der Waals surface area contributed by atoms with Crippen molar-refractivity contribution in [2.75, 3.05) is 13.2 Å². The van der Waals surface area contributed by atoms with Crippen molar-refractivity contribution in [3.05, 3.63) is 12.2 Å². The van der Waals surface area contributed by atoms with Crippen molar-refractivity contribution in [3.8, 4) is 11.8 Å². The zero-order valence-electron chi connectivity index (χ0n) is 8.71. The summed E-state index contributed by atoms with van der Waals surface area (Å²) in [7, 11) is 0. The Balaban J connectivity index is 3.22. The summed E-state index contributed by atoms with van der Waals surface area (Å²) in [4.78, 5) is 0. The van der Waals surface area contributed by atoms with Gasteiger partial charge in [0.05, 0.1) is 0 Å². The van der Waals surface area contributed by atoms with E-state index >= 15 is 0 Å². The lowest BCUT2D eigenvalue weighted by Gasteiger charge is -1.89. The SMILES string of the molecule is OCCCCC#C/C=C/CCCCO. The van der Waals surface area contributed by atoms with E-state index in [0.29, 0.717) is 0 Å². The van der Waals surface area contributed by atoms with Crippen molar-refractivity contribution < 1.29 is 10.2 Å². The molecule has 0 radical (unpaired) electrons. The van der Waals surface area contributed by atoms with Crippen LogP contribution >= 0.6 is 0 Å². The second kappa shape index (κ2) is 12.2. The molecule has 0 aliphatic heterocycles. The van der Waals surface area contributed by atoms with Crippen LogP contribution in [0.1, 0.15) is 38.5 Å². The van der Waals surface area contributed by atoms with E-state index < -0.39 is 0 Å². The number of aliphatic hydroxyl groups is 2. The third-order valence-electron chi connectivity index (χ3n) is 1.79. The summed E-state index contributed by atoms with van der Waals surface area (Å²) in [5.41, 5.74) is 0. The molecule has 0 bridgehead atoms. The first kappa shape index (κ1) is 13.2. The van der Waals surface area contributed by atoms with Gasteiger partial charge in [0.1, 0.15) is 0 Å². The van der Waals surface area contributed by atoms with Crippen molar-refractivity contribution >= 4 is 0 Å². The van der Waals surface area contributed by atoms with Gasteiger partial charge in [-0.05, 0) is 38.2 Å². The number of hydrogen-bond donors (Lipinski definition) is 2. The number of rotatable bonds is 7. The van der Waals surface area contributed by atoms with Gasteiger partial charge in [-0.25, -0.2) is 0 Å². The van der Waals surface area contributed by atoms with E-state index in [9.17, 15) is 0 Å². The summed E-state index contributed by atoms with van der Waals surface area (Å²) in [5, 5.41) is 17.0. The molecule has 0 aromatic heterocycles. The van der Waals surface area contributed by atoms with Crippen LogP contribution in [0.25, 0.3) is 0 Å². The Bertz CT molecular complexity index is 186. The highest BCUT2D eigenvalue weighted by atomic mass is 16.3. The van der Waals surface area contributed by atoms with Crippen LogP contribution in [0.3, 0.4) is 0 Å². The van der Waals surface area contributed by atoms with Crippen LogP contribution in [0.5, 0.6) is 0 Å². The van der Waals surface area contributed by atoms with Crippen LogP contribution in [-0.4, -0.2) is 23.4 Å². The monoisotopic (exact) mass is 196 g/mol. The Morgan fingerprint density at radius 1 is 0.929 bits per heavy atom. The topological polar surface area (TPSA) is 40.5 Å². The zero-order valence-corrected chi connectivity index (χ0v) is 8.71. The first-order valence-electron chi connectivity index (χ1n) is 5.27. The van der Waals surface area contributed by atoms with Gasteiger partial charge in [-0.2, -0.15) is 0 Å². The highest BCUT2D eigenvalue weighted by Gasteiger charge is 1.81. The molecule has 0 unspecified atom stereocenters. The minimum Gasteiger partial charge on any atom is -0.396 e. The average molecular weight is 196 g/mol. The fourth-order valence-corrected chi connectivity index (χ4v) is 0.973. The highest BCUT2D eigenvalue weighted by Crippen LogP contribution is 1.95. The summed E-state index contributed by atoms with van der Waals surface area (Å²) in [6, 6.07) is 0. The van der Waals surface area contributed by atoms with E-state index in [2.05, 4.69) is 11.8 Å². The Hall–Kier alpha value is -0.780. The summed E-state index contributed by atoms with van der Waals surface area (Å²) < 4.78 is 0. The van der Waals surface area contributed by atoms with Crippen LogP contribution in [0, 0.1) is 11.8 Å². The molecule has 0 spiro atoms. The standard InChI is InChI=1S/C12H20O2/c13-11-9-7-5-3-1-2-4-6-8-10-12-14/h1,3,13-14H,5-12H2/b3-1+. The maximum atomic E-state index is 8.52. The predicted molar refractivity (Wildman–Crippen MR) is 58.8 cm³/mol. The number of hydrogen-bond acceptors (Lipinski definition) is 2. The molecule has 80 valence electrons. The van der Waals surface area contributed by atoms with Crippen molar-refractivity contribution in [1.29, 1.82) is 0 Å². The fraction of sp³-hybridized carbons (Fsp3) is 0.667. The van der Waals surface area contributed by atoms with E-state index in [1.807, 2.05) is 12.2 Å². The van der Waals surface area contributed by atoms with Crippen LogP contribution in [-0.2, 0) is 0 Å². The second-order valence-electron chi connectivity index (χ2n) is 3.12. The molecule has 0 heterocycles. The molecule has 2 N–H and O–H groups in total. The Morgan fingerprint density at radius 3 is 2.36 bits per heavy atom. The molecule has 0 atom stereocenters. The number of aliphatic hydroxyl groups excluding tert-OH is 2. The van der Waals surface area contributed by atoms with Crippen LogP contribution < -0.4 is 0 Å². The van der Waals surface area contributed by atoms with E-state index in [4.69, 9.17) is 10.2 Å². The molecule has 0 amide bonds. The van der Waals surface area contributed by atoms with Crippen molar-refractivity contribution in [2.45, 2.75) is 38.5 Å². The van der Waals surface area contributed by atoms with Crippen LogP contribution in [0.4, 0.5) is 0 Å². The molecule has 0 saturated carbocycles. The van der Waals surface area contributed by atoms with Gasteiger partial charge in [-0.1, -0.05) is 17.9 Å². The fourth-order valence-electron chi connectivity index (χ4n) is 0.973. The summed E-state index contributed by atoms with van der Waals surface area (Å²) >= 11 is 0. The van der Waals surface area contributed by atoms with Gasteiger partial charge in [0.15, 0.2) is 0 Å². The normalized spacial score (nSPS) is 10.1.